The summed E-state index contributed by atoms with van der Waals surface area (Å²) in [7, 11) is 0. The summed E-state index contributed by atoms with van der Waals surface area (Å²) in [4.78, 5) is 10.2. The lowest BCUT2D eigenvalue weighted by Crippen LogP contribution is -2.21. The van der Waals surface area contributed by atoms with Crippen LogP contribution < -0.4 is 11.1 Å². The standard InChI is InChI=1S/C10H14N2O2/c1-7-2-3-8(4-9(7)11)5-12-6-10(13)14/h2-4,12H,5-6,11H2,1H3,(H,13,14). The van der Waals surface area contributed by atoms with Crippen LogP contribution in [-0.4, -0.2) is 17.6 Å². The van der Waals surface area contributed by atoms with Crippen molar-refractivity contribution in [2.24, 2.45) is 0 Å². The topological polar surface area (TPSA) is 75.3 Å². The van der Waals surface area contributed by atoms with Crippen molar-refractivity contribution < 1.29 is 9.90 Å². The number of anilines is 1. The van der Waals surface area contributed by atoms with E-state index < -0.39 is 5.97 Å². The first-order valence-electron chi connectivity index (χ1n) is 4.37. The highest BCUT2D eigenvalue weighted by atomic mass is 16.4. The molecular formula is C10H14N2O2. The molecule has 0 radical (unpaired) electrons. The maximum Gasteiger partial charge on any atom is 0.317 e. The number of hydrogen-bond donors (Lipinski definition) is 3. The minimum absolute atomic E-state index is 0.0339. The molecule has 0 heterocycles. The second-order valence-electron chi connectivity index (χ2n) is 3.19. The average molecular weight is 194 g/mol. The maximum atomic E-state index is 10.2. The van der Waals surface area contributed by atoms with E-state index in [4.69, 9.17) is 10.8 Å². The van der Waals surface area contributed by atoms with Crippen molar-refractivity contribution >= 4 is 11.7 Å². The number of aliphatic carboxylic acids is 1. The van der Waals surface area contributed by atoms with Crippen molar-refractivity contribution in [1.29, 1.82) is 0 Å². The fourth-order valence-electron chi connectivity index (χ4n) is 1.11. The molecule has 1 aromatic carbocycles. The summed E-state index contributed by atoms with van der Waals surface area (Å²) in [6, 6.07) is 5.71. The summed E-state index contributed by atoms with van der Waals surface area (Å²) >= 11 is 0. The van der Waals surface area contributed by atoms with E-state index >= 15 is 0 Å². The van der Waals surface area contributed by atoms with E-state index in [-0.39, 0.29) is 6.54 Å². The van der Waals surface area contributed by atoms with Crippen LogP contribution in [0.4, 0.5) is 5.69 Å². The van der Waals surface area contributed by atoms with E-state index in [2.05, 4.69) is 5.32 Å². The molecule has 0 aliphatic heterocycles. The normalized spacial score (nSPS) is 10.1. The van der Waals surface area contributed by atoms with Crippen LogP contribution in [0.2, 0.25) is 0 Å². The van der Waals surface area contributed by atoms with Crippen LogP contribution in [0.15, 0.2) is 18.2 Å². The van der Waals surface area contributed by atoms with Crippen molar-refractivity contribution in [3.05, 3.63) is 29.3 Å². The van der Waals surface area contributed by atoms with Gasteiger partial charge < -0.3 is 16.2 Å². The predicted molar refractivity (Wildman–Crippen MR) is 54.9 cm³/mol. The van der Waals surface area contributed by atoms with Crippen LogP contribution in [0, 0.1) is 6.92 Å². The van der Waals surface area contributed by atoms with Crippen molar-refractivity contribution in [1.82, 2.24) is 5.32 Å². The third kappa shape index (κ3) is 3.06. The predicted octanol–water partition coefficient (Wildman–Crippen LogP) is 0.751. The molecule has 0 spiro atoms. The van der Waals surface area contributed by atoms with Gasteiger partial charge in [-0.15, -0.1) is 0 Å². The molecular weight excluding hydrogens is 180 g/mol. The minimum atomic E-state index is -0.856. The second-order valence-corrected chi connectivity index (χ2v) is 3.19. The molecule has 1 aromatic rings. The van der Waals surface area contributed by atoms with Gasteiger partial charge in [-0.3, -0.25) is 4.79 Å². The molecule has 0 aromatic heterocycles. The molecule has 4 nitrogen and oxygen atoms in total. The first-order chi connectivity index (χ1) is 6.59. The van der Waals surface area contributed by atoms with Gasteiger partial charge >= 0.3 is 5.97 Å². The second kappa shape index (κ2) is 4.62. The summed E-state index contributed by atoms with van der Waals surface area (Å²) in [5, 5.41) is 11.2. The zero-order valence-corrected chi connectivity index (χ0v) is 8.08. The summed E-state index contributed by atoms with van der Waals surface area (Å²) in [5.74, 6) is -0.856. The minimum Gasteiger partial charge on any atom is -0.480 e. The molecule has 14 heavy (non-hydrogen) atoms. The van der Waals surface area contributed by atoms with Gasteiger partial charge in [0.2, 0.25) is 0 Å². The number of carboxylic acid groups (broad SMARTS) is 1. The maximum absolute atomic E-state index is 10.2. The average Bonchev–Trinajstić information content (AvgIpc) is 2.10. The van der Waals surface area contributed by atoms with E-state index in [9.17, 15) is 4.79 Å². The molecule has 0 aliphatic rings. The van der Waals surface area contributed by atoms with Gasteiger partial charge in [-0.1, -0.05) is 12.1 Å². The molecule has 0 saturated heterocycles. The van der Waals surface area contributed by atoms with Crippen molar-refractivity contribution in [3.8, 4) is 0 Å². The number of nitrogens with two attached hydrogens (primary N) is 1. The molecule has 0 amide bonds. The number of nitrogen functional groups attached to an aromatic ring is 1. The van der Waals surface area contributed by atoms with Crippen LogP contribution >= 0.6 is 0 Å². The molecule has 0 aliphatic carbocycles. The largest absolute Gasteiger partial charge is 0.480 e. The van der Waals surface area contributed by atoms with E-state index in [1.807, 2.05) is 25.1 Å². The molecule has 1 rings (SSSR count). The Bertz CT molecular complexity index is 337. The summed E-state index contributed by atoms with van der Waals surface area (Å²) in [5.41, 5.74) is 8.47. The van der Waals surface area contributed by atoms with Crippen LogP contribution in [0.3, 0.4) is 0 Å². The highest BCUT2D eigenvalue weighted by molar-refractivity contribution is 5.69. The van der Waals surface area contributed by atoms with Crippen molar-refractivity contribution in [3.63, 3.8) is 0 Å². The molecule has 0 fully saturated rings. The Morgan fingerprint density at radius 2 is 2.29 bits per heavy atom. The van der Waals surface area contributed by atoms with Crippen LogP contribution in [0.25, 0.3) is 0 Å². The Kier molecular flexibility index (Phi) is 3.48. The summed E-state index contributed by atoms with van der Waals surface area (Å²) in [6.45, 7) is 2.42. The third-order valence-electron chi connectivity index (χ3n) is 1.95. The van der Waals surface area contributed by atoms with Crippen molar-refractivity contribution in [2.45, 2.75) is 13.5 Å². The Labute approximate surface area is 82.7 Å². The van der Waals surface area contributed by atoms with Gasteiger partial charge in [-0.2, -0.15) is 0 Å². The van der Waals surface area contributed by atoms with Gasteiger partial charge in [-0.25, -0.2) is 0 Å². The Morgan fingerprint density at radius 1 is 1.57 bits per heavy atom. The molecule has 0 bridgehead atoms. The van der Waals surface area contributed by atoms with Gasteiger partial charge in [-0.05, 0) is 24.1 Å². The molecule has 4 N–H and O–H groups in total. The fourth-order valence-corrected chi connectivity index (χ4v) is 1.11. The van der Waals surface area contributed by atoms with Gasteiger partial charge in [0, 0.05) is 12.2 Å². The number of carboxylic acids is 1. The zero-order chi connectivity index (χ0) is 10.6. The number of nitrogens with one attached hydrogen (secondary N) is 1. The van der Waals surface area contributed by atoms with E-state index in [0.717, 1.165) is 16.8 Å². The Hall–Kier alpha value is -1.55. The quantitative estimate of drug-likeness (QED) is 0.618. The summed E-state index contributed by atoms with van der Waals surface area (Å²) < 4.78 is 0. The van der Waals surface area contributed by atoms with Gasteiger partial charge in [0.25, 0.3) is 0 Å². The third-order valence-corrected chi connectivity index (χ3v) is 1.95. The SMILES string of the molecule is Cc1ccc(CNCC(=O)O)cc1N. The summed E-state index contributed by atoms with van der Waals surface area (Å²) in [6.07, 6.45) is 0. The lowest BCUT2D eigenvalue weighted by molar-refractivity contribution is -0.135. The zero-order valence-electron chi connectivity index (χ0n) is 8.08. The number of hydrogen-bond acceptors (Lipinski definition) is 3. The first-order valence-corrected chi connectivity index (χ1v) is 4.37. The monoisotopic (exact) mass is 194 g/mol. The van der Waals surface area contributed by atoms with Crippen LogP contribution in [-0.2, 0) is 11.3 Å². The molecule has 0 atom stereocenters. The van der Waals surface area contributed by atoms with E-state index in [1.165, 1.54) is 0 Å². The Morgan fingerprint density at radius 3 is 2.86 bits per heavy atom. The highest BCUT2D eigenvalue weighted by Crippen LogP contribution is 2.12. The lowest BCUT2D eigenvalue weighted by atomic mass is 10.1. The Balaban J connectivity index is 2.51. The van der Waals surface area contributed by atoms with Crippen molar-refractivity contribution in [2.75, 3.05) is 12.3 Å². The number of benzene rings is 1. The molecule has 4 heteroatoms. The van der Waals surface area contributed by atoms with Gasteiger partial charge in [0.05, 0.1) is 6.54 Å². The van der Waals surface area contributed by atoms with E-state index in [0.29, 0.717) is 6.54 Å². The van der Waals surface area contributed by atoms with Crippen LogP contribution in [0.5, 0.6) is 0 Å². The lowest BCUT2D eigenvalue weighted by Gasteiger charge is -2.05. The number of aryl methyl sites for hydroxylation is 1. The first kappa shape index (κ1) is 10.5. The highest BCUT2D eigenvalue weighted by Gasteiger charge is 1.98. The number of carbonyl (C=O) groups is 1. The van der Waals surface area contributed by atoms with E-state index in [1.54, 1.807) is 0 Å². The number of rotatable bonds is 4. The van der Waals surface area contributed by atoms with Gasteiger partial charge in [0.1, 0.15) is 0 Å². The van der Waals surface area contributed by atoms with Gasteiger partial charge in [0.15, 0.2) is 0 Å². The van der Waals surface area contributed by atoms with Crippen LogP contribution in [0.1, 0.15) is 11.1 Å². The smallest absolute Gasteiger partial charge is 0.317 e. The molecule has 0 unspecified atom stereocenters. The molecule has 0 saturated carbocycles. The molecule has 76 valence electrons. The fraction of sp³-hybridized carbons (Fsp3) is 0.300.